The van der Waals surface area contributed by atoms with Gasteiger partial charge in [0.05, 0.1) is 12.2 Å². The molecule has 0 saturated carbocycles. The highest BCUT2D eigenvalue weighted by molar-refractivity contribution is 7.17. The number of fused-ring (bicyclic) bond motifs is 1. The van der Waals surface area contributed by atoms with Gasteiger partial charge in [0.15, 0.2) is 0 Å². The van der Waals surface area contributed by atoms with Gasteiger partial charge < -0.3 is 15.0 Å². The summed E-state index contributed by atoms with van der Waals surface area (Å²) in [5, 5.41) is 3.64. The van der Waals surface area contributed by atoms with E-state index in [0.717, 1.165) is 21.1 Å². The number of rotatable bonds is 4. The molecule has 0 radical (unpaired) electrons. The van der Waals surface area contributed by atoms with Gasteiger partial charge in [-0.3, -0.25) is 4.79 Å². The second-order valence-corrected chi connectivity index (χ2v) is 5.70. The Kier molecular flexibility index (Phi) is 3.93. The molecule has 0 aromatic carbocycles. The first-order chi connectivity index (χ1) is 10.7. The van der Waals surface area contributed by atoms with Crippen molar-refractivity contribution in [3.8, 4) is 0 Å². The van der Waals surface area contributed by atoms with Crippen molar-refractivity contribution in [2.45, 2.75) is 6.92 Å². The van der Waals surface area contributed by atoms with Crippen LogP contribution in [0.2, 0.25) is 0 Å². The van der Waals surface area contributed by atoms with E-state index in [-0.39, 0.29) is 11.9 Å². The molecule has 2 aromatic rings. The van der Waals surface area contributed by atoms with Crippen LogP contribution in [-0.4, -0.2) is 23.5 Å². The number of anilines is 1. The van der Waals surface area contributed by atoms with E-state index in [1.807, 2.05) is 24.3 Å². The van der Waals surface area contributed by atoms with E-state index in [4.69, 9.17) is 4.74 Å². The number of hydrogen-bond donors (Lipinski definition) is 2. The van der Waals surface area contributed by atoms with Crippen molar-refractivity contribution in [2.24, 2.45) is 0 Å². The van der Waals surface area contributed by atoms with Crippen LogP contribution in [-0.2, 0) is 14.3 Å². The van der Waals surface area contributed by atoms with Crippen LogP contribution in [0.4, 0.5) is 5.00 Å². The van der Waals surface area contributed by atoms with Crippen LogP contribution in [0, 0.1) is 0 Å². The maximum Gasteiger partial charge on any atom is 0.330 e. The van der Waals surface area contributed by atoms with Gasteiger partial charge in [-0.1, -0.05) is 0 Å². The fourth-order valence-electron chi connectivity index (χ4n) is 2.15. The number of carbonyl (C=O) groups is 2. The van der Waals surface area contributed by atoms with Crippen LogP contribution in [0.3, 0.4) is 0 Å². The summed E-state index contributed by atoms with van der Waals surface area (Å²) >= 11 is 1.42. The monoisotopic (exact) mass is 314 g/mol. The summed E-state index contributed by atoms with van der Waals surface area (Å²) in [7, 11) is 0. The second kappa shape index (κ2) is 6.03. The SMILES string of the molecule is CCOC(=O)/C=C\c1cc2c(s1)NC(=O)C2=Cc1ccc[nH]1. The van der Waals surface area contributed by atoms with Crippen LogP contribution in [0.5, 0.6) is 0 Å². The quantitative estimate of drug-likeness (QED) is 0.673. The number of H-pyrrole nitrogens is 1. The third-order valence-electron chi connectivity index (χ3n) is 3.11. The van der Waals surface area contributed by atoms with Crippen LogP contribution >= 0.6 is 11.3 Å². The van der Waals surface area contributed by atoms with E-state index in [0.29, 0.717) is 12.2 Å². The third-order valence-corrected chi connectivity index (χ3v) is 4.12. The van der Waals surface area contributed by atoms with E-state index in [1.54, 1.807) is 19.2 Å². The number of thiophene rings is 1. The minimum Gasteiger partial charge on any atom is -0.463 e. The number of amides is 1. The topological polar surface area (TPSA) is 71.2 Å². The first-order valence-corrected chi connectivity index (χ1v) is 7.64. The van der Waals surface area contributed by atoms with Gasteiger partial charge in [-0.2, -0.15) is 0 Å². The van der Waals surface area contributed by atoms with E-state index in [9.17, 15) is 9.59 Å². The molecule has 1 aliphatic heterocycles. The lowest BCUT2D eigenvalue weighted by Gasteiger charge is -1.95. The molecule has 5 nitrogen and oxygen atoms in total. The largest absolute Gasteiger partial charge is 0.463 e. The summed E-state index contributed by atoms with van der Waals surface area (Å²) in [6, 6.07) is 5.66. The van der Waals surface area contributed by atoms with Crippen molar-refractivity contribution in [1.82, 2.24) is 4.98 Å². The molecule has 0 saturated heterocycles. The van der Waals surface area contributed by atoms with Crippen LogP contribution < -0.4 is 5.32 Å². The number of nitrogens with one attached hydrogen (secondary N) is 2. The predicted molar refractivity (Wildman–Crippen MR) is 87.3 cm³/mol. The van der Waals surface area contributed by atoms with Gasteiger partial charge in [0.2, 0.25) is 0 Å². The van der Waals surface area contributed by atoms with E-state index >= 15 is 0 Å². The Morgan fingerprint density at radius 2 is 2.32 bits per heavy atom. The van der Waals surface area contributed by atoms with Crippen LogP contribution in [0.1, 0.15) is 23.1 Å². The van der Waals surface area contributed by atoms with E-state index < -0.39 is 0 Å². The highest BCUT2D eigenvalue weighted by atomic mass is 32.1. The summed E-state index contributed by atoms with van der Waals surface area (Å²) in [6.07, 6.45) is 6.70. The number of hydrogen-bond acceptors (Lipinski definition) is 4. The summed E-state index contributed by atoms with van der Waals surface area (Å²) < 4.78 is 4.84. The lowest BCUT2D eigenvalue weighted by atomic mass is 10.1. The second-order valence-electron chi connectivity index (χ2n) is 4.61. The first kappa shape index (κ1) is 14.3. The summed E-state index contributed by atoms with van der Waals surface area (Å²) in [5.74, 6) is -0.487. The molecule has 1 amide bonds. The van der Waals surface area contributed by atoms with Crippen molar-refractivity contribution in [3.05, 3.63) is 46.6 Å². The number of ether oxygens (including phenoxy) is 1. The lowest BCUT2D eigenvalue weighted by molar-refractivity contribution is -0.137. The van der Waals surface area contributed by atoms with Gasteiger partial charge in [0.25, 0.3) is 5.91 Å². The average molecular weight is 314 g/mol. The molecule has 1 aliphatic rings. The Morgan fingerprint density at radius 3 is 3.05 bits per heavy atom. The zero-order chi connectivity index (χ0) is 15.5. The van der Waals surface area contributed by atoms with Crippen molar-refractivity contribution in [3.63, 3.8) is 0 Å². The molecule has 0 spiro atoms. The van der Waals surface area contributed by atoms with Gasteiger partial charge >= 0.3 is 5.97 Å². The average Bonchev–Trinajstić information content (AvgIpc) is 3.17. The number of esters is 1. The Morgan fingerprint density at radius 1 is 1.45 bits per heavy atom. The normalized spacial score (nSPS) is 15.3. The van der Waals surface area contributed by atoms with Crippen molar-refractivity contribution < 1.29 is 14.3 Å². The van der Waals surface area contributed by atoms with E-state index in [1.165, 1.54) is 17.4 Å². The molecule has 0 atom stereocenters. The van der Waals surface area contributed by atoms with Crippen LogP contribution in [0.25, 0.3) is 17.7 Å². The van der Waals surface area contributed by atoms with Crippen LogP contribution in [0.15, 0.2) is 30.5 Å². The fourth-order valence-corrected chi connectivity index (χ4v) is 3.12. The summed E-state index contributed by atoms with van der Waals surface area (Å²) in [4.78, 5) is 27.3. The molecule has 3 heterocycles. The molecule has 112 valence electrons. The lowest BCUT2D eigenvalue weighted by Crippen LogP contribution is -2.03. The maximum absolute atomic E-state index is 12.0. The zero-order valence-corrected chi connectivity index (χ0v) is 12.7. The number of aromatic amines is 1. The Bertz CT molecular complexity index is 769. The standard InChI is InChI=1S/C16H14N2O3S/c1-2-21-14(19)6-5-11-9-13-12(8-10-4-3-7-17-10)15(20)18-16(13)22-11/h3-9,17H,2H2,1H3,(H,18,20)/b6-5-,12-8?. The number of aromatic nitrogens is 1. The fraction of sp³-hybridized carbons (Fsp3) is 0.125. The van der Waals surface area contributed by atoms with Gasteiger partial charge in [-0.05, 0) is 37.3 Å². The third kappa shape index (κ3) is 2.87. The Hall–Kier alpha value is -2.60. The Balaban J connectivity index is 1.86. The highest BCUT2D eigenvalue weighted by Crippen LogP contribution is 2.40. The molecule has 6 heteroatoms. The van der Waals surface area contributed by atoms with Gasteiger partial charge in [-0.15, -0.1) is 11.3 Å². The molecule has 0 fully saturated rings. The molecule has 3 rings (SSSR count). The van der Waals surface area contributed by atoms with Gasteiger partial charge in [-0.25, -0.2) is 4.79 Å². The molecule has 0 bridgehead atoms. The molecule has 2 aromatic heterocycles. The molecular formula is C16H14N2O3S. The minimum atomic E-state index is -0.373. The first-order valence-electron chi connectivity index (χ1n) is 6.83. The van der Waals surface area contributed by atoms with Crippen molar-refractivity contribution >= 4 is 45.9 Å². The number of carbonyl (C=O) groups excluding carboxylic acids is 2. The molecule has 0 unspecified atom stereocenters. The van der Waals surface area contributed by atoms with E-state index in [2.05, 4.69) is 10.3 Å². The predicted octanol–water partition coefficient (Wildman–Crippen LogP) is 3.15. The van der Waals surface area contributed by atoms with Crippen molar-refractivity contribution in [2.75, 3.05) is 11.9 Å². The Labute approximate surface area is 131 Å². The summed E-state index contributed by atoms with van der Waals surface area (Å²) in [5.41, 5.74) is 2.34. The minimum absolute atomic E-state index is 0.114. The highest BCUT2D eigenvalue weighted by Gasteiger charge is 2.26. The van der Waals surface area contributed by atoms with Gasteiger partial charge in [0, 0.05) is 28.4 Å². The molecule has 0 aliphatic carbocycles. The zero-order valence-electron chi connectivity index (χ0n) is 11.9. The summed E-state index contributed by atoms with van der Waals surface area (Å²) in [6.45, 7) is 2.11. The maximum atomic E-state index is 12.0. The molecule has 22 heavy (non-hydrogen) atoms. The smallest absolute Gasteiger partial charge is 0.330 e. The van der Waals surface area contributed by atoms with Crippen molar-refractivity contribution in [1.29, 1.82) is 0 Å². The molecular weight excluding hydrogens is 300 g/mol. The van der Waals surface area contributed by atoms with Gasteiger partial charge in [0.1, 0.15) is 5.00 Å². The molecule has 2 N–H and O–H groups in total.